The molecule has 0 aliphatic carbocycles. The Morgan fingerprint density at radius 1 is 1.17 bits per heavy atom. The SMILES string of the molecule is COC(=O)NCC(=O)NNC(=O)[C@@H](C)Oc1cccc(C)c1C. The second-order valence-corrected chi connectivity index (χ2v) is 4.84. The van der Waals surface area contributed by atoms with Gasteiger partial charge in [0.1, 0.15) is 12.3 Å². The van der Waals surface area contributed by atoms with Crippen molar-refractivity contribution >= 4 is 17.9 Å². The molecule has 0 bridgehead atoms. The topological polar surface area (TPSA) is 106 Å². The summed E-state index contributed by atoms with van der Waals surface area (Å²) >= 11 is 0. The number of aryl methyl sites for hydroxylation is 1. The molecule has 0 aliphatic rings. The number of rotatable bonds is 5. The maximum Gasteiger partial charge on any atom is 0.407 e. The van der Waals surface area contributed by atoms with Crippen molar-refractivity contribution < 1.29 is 23.9 Å². The van der Waals surface area contributed by atoms with Gasteiger partial charge in [-0.05, 0) is 38.0 Å². The van der Waals surface area contributed by atoms with Crippen molar-refractivity contribution in [3.8, 4) is 5.75 Å². The van der Waals surface area contributed by atoms with Crippen LogP contribution in [0, 0.1) is 13.8 Å². The molecule has 0 heterocycles. The minimum Gasteiger partial charge on any atom is -0.481 e. The van der Waals surface area contributed by atoms with Crippen molar-refractivity contribution in [3.63, 3.8) is 0 Å². The van der Waals surface area contributed by atoms with Crippen molar-refractivity contribution in [2.45, 2.75) is 26.9 Å². The Labute approximate surface area is 134 Å². The third-order valence-corrected chi connectivity index (χ3v) is 3.13. The molecule has 0 unspecified atom stereocenters. The van der Waals surface area contributed by atoms with Crippen molar-refractivity contribution in [1.29, 1.82) is 0 Å². The molecule has 1 aromatic rings. The number of hydrogen-bond acceptors (Lipinski definition) is 5. The first-order chi connectivity index (χ1) is 10.8. The third-order valence-electron chi connectivity index (χ3n) is 3.13. The van der Waals surface area contributed by atoms with Crippen molar-refractivity contribution in [2.75, 3.05) is 13.7 Å². The molecule has 126 valence electrons. The molecule has 0 aromatic heterocycles. The Balaban J connectivity index is 2.44. The number of alkyl carbamates (subject to hydrolysis) is 1. The molecular formula is C15H21N3O5. The molecule has 3 N–H and O–H groups in total. The van der Waals surface area contributed by atoms with Crippen LogP contribution in [0.3, 0.4) is 0 Å². The fraction of sp³-hybridized carbons (Fsp3) is 0.400. The van der Waals surface area contributed by atoms with Crippen LogP contribution in [0.25, 0.3) is 0 Å². The van der Waals surface area contributed by atoms with E-state index in [0.29, 0.717) is 5.75 Å². The van der Waals surface area contributed by atoms with E-state index in [9.17, 15) is 14.4 Å². The van der Waals surface area contributed by atoms with Crippen molar-refractivity contribution in [3.05, 3.63) is 29.3 Å². The highest BCUT2D eigenvalue weighted by atomic mass is 16.5. The van der Waals surface area contributed by atoms with E-state index in [4.69, 9.17) is 4.74 Å². The lowest BCUT2D eigenvalue weighted by Gasteiger charge is -2.17. The van der Waals surface area contributed by atoms with Gasteiger partial charge in [0.25, 0.3) is 11.8 Å². The zero-order chi connectivity index (χ0) is 17.4. The number of carbonyl (C=O) groups excluding carboxylic acids is 3. The van der Waals surface area contributed by atoms with Gasteiger partial charge < -0.3 is 14.8 Å². The molecule has 0 saturated heterocycles. The lowest BCUT2D eigenvalue weighted by molar-refractivity contribution is -0.132. The quantitative estimate of drug-likeness (QED) is 0.687. The molecule has 8 nitrogen and oxygen atoms in total. The molecule has 1 atom stereocenters. The lowest BCUT2D eigenvalue weighted by atomic mass is 10.1. The number of methoxy groups -OCH3 is 1. The standard InChI is InChI=1S/C15H21N3O5/c1-9-6-5-7-12(10(9)2)23-11(3)14(20)18-17-13(19)8-16-15(21)22-4/h5-7,11H,8H2,1-4H3,(H,16,21)(H,17,19)(H,18,20)/t11-/m1/s1. The summed E-state index contributed by atoms with van der Waals surface area (Å²) in [6.45, 7) is 5.09. The number of hydrogen-bond donors (Lipinski definition) is 3. The van der Waals surface area contributed by atoms with Gasteiger partial charge in [-0.25, -0.2) is 4.79 Å². The van der Waals surface area contributed by atoms with E-state index in [1.807, 2.05) is 26.0 Å². The number of nitrogens with one attached hydrogen (secondary N) is 3. The molecule has 0 aliphatic heterocycles. The van der Waals surface area contributed by atoms with E-state index in [2.05, 4.69) is 20.9 Å². The summed E-state index contributed by atoms with van der Waals surface area (Å²) in [5, 5.41) is 2.18. The van der Waals surface area contributed by atoms with Crippen LogP contribution in [-0.2, 0) is 14.3 Å². The predicted octanol–water partition coefficient (Wildman–Crippen LogP) is 0.574. The van der Waals surface area contributed by atoms with E-state index in [1.165, 1.54) is 7.11 Å². The number of amides is 3. The van der Waals surface area contributed by atoms with Gasteiger partial charge >= 0.3 is 6.09 Å². The van der Waals surface area contributed by atoms with Gasteiger partial charge in [-0.15, -0.1) is 0 Å². The van der Waals surface area contributed by atoms with E-state index >= 15 is 0 Å². The van der Waals surface area contributed by atoms with E-state index in [1.54, 1.807) is 13.0 Å². The normalized spacial score (nSPS) is 11.1. The summed E-state index contributed by atoms with van der Waals surface area (Å²) in [5.41, 5.74) is 6.38. The summed E-state index contributed by atoms with van der Waals surface area (Å²) in [7, 11) is 1.18. The van der Waals surface area contributed by atoms with Crippen molar-refractivity contribution in [2.24, 2.45) is 0 Å². The van der Waals surface area contributed by atoms with E-state index < -0.39 is 24.0 Å². The minimum atomic E-state index is -0.802. The maximum absolute atomic E-state index is 11.9. The Morgan fingerprint density at radius 3 is 2.52 bits per heavy atom. The van der Waals surface area contributed by atoms with Gasteiger partial charge in [0.05, 0.1) is 7.11 Å². The first-order valence-electron chi connectivity index (χ1n) is 6.98. The van der Waals surface area contributed by atoms with Crippen LogP contribution in [-0.4, -0.2) is 37.7 Å². The van der Waals surface area contributed by atoms with Crippen LogP contribution in [0.2, 0.25) is 0 Å². The Hall–Kier alpha value is -2.77. The highest BCUT2D eigenvalue weighted by Crippen LogP contribution is 2.21. The first-order valence-corrected chi connectivity index (χ1v) is 6.98. The number of hydrazine groups is 1. The Morgan fingerprint density at radius 2 is 1.87 bits per heavy atom. The van der Waals surface area contributed by atoms with Gasteiger partial charge in [-0.3, -0.25) is 20.4 Å². The maximum atomic E-state index is 11.9. The second kappa shape index (κ2) is 8.62. The van der Waals surface area contributed by atoms with Gasteiger partial charge in [0.2, 0.25) is 0 Å². The first kappa shape index (κ1) is 18.3. The van der Waals surface area contributed by atoms with Gasteiger partial charge in [-0.1, -0.05) is 12.1 Å². The molecule has 0 saturated carbocycles. The zero-order valence-corrected chi connectivity index (χ0v) is 13.6. The highest BCUT2D eigenvalue weighted by molar-refractivity contribution is 5.86. The summed E-state index contributed by atoms with van der Waals surface area (Å²) in [6, 6.07) is 5.55. The third kappa shape index (κ3) is 5.85. The van der Waals surface area contributed by atoms with Crippen LogP contribution in [0.5, 0.6) is 5.75 Å². The lowest BCUT2D eigenvalue weighted by Crippen LogP contribution is -2.50. The molecule has 1 aromatic carbocycles. The predicted molar refractivity (Wildman–Crippen MR) is 82.7 cm³/mol. The Bertz CT molecular complexity index is 588. The molecular weight excluding hydrogens is 302 g/mol. The monoisotopic (exact) mass is 323 g/mol. The van der Waals surface area contributed by atoms with Gasteiger partial charge in [0, 0.05) is 0 Å². The van der Waals surface area contributed by atoms with Crippen LogP contribution >= 0.6 is 0 Å². The Kier molecular flexibility index (Phi) is 6.85. The van der Waals surface area contributed by atoms with Crippen LogP contribution < -0.4 is 20.9 Å². The average Bonchev–Trinajstić information content (AvgIpc) is 2.54. The minimum absolute atomic E-state index is 0.320. The highest BCUT2D eigenvalue weighted by Gasteiger charge is 2.16. The largest absolute Gasteiger partial charge is 0.481 e. The summed E-state index contributed by atoms with van der Waals surface area (Å²) in [5.74, 6) is -0.508. The molecule has 0 fully saturated rings. The van der Waals surface area contributed by atoms with Gasteiger partial charge in [0.15, 0.2) is 6.10 Å². The summed E-state index contributed by atoms with van der Waals surface area (Å²) in [4.78, 5) is 34.1. The van der Waals surface area contributed by atoms with Crippen LogP contribution in [0.1, 0.15) is 18.1 Å². The molecule has 8 heteroatoms. The van der Waals surface area contributed by atoms with Crippen LogP contribution in [0.15, 0.2) is 18.2 Å². The van der Waals surface area contributed by atoms with Crippen molar-refractivity contribution in [1.82, 2.24) is 16.2 Å². The van der Waals surface area contributed by atoms with E-state index in [-0.39, 0.29) is 6.54 Å². The number of ether oxygens (including phenoxy) is 2. The molecule has 23 heavy (non-hydrogen) atoms. The average molecular weight is 323 g/mol. The second-order valence-electron chi connectivity index (χ2n) is 4.84. The molecule has 3 amide bonds. The molecule has 0 radical (unpaired) electrons. The zero-order valence-electron chi connectivity index (χ0n) is 13.6. The molecule has 0 spiro atoms. The number of carbonyl (C=O) groups is 3. The summed E-state index contributed by atoms with van der Waals surface area (Å²) in [6.07, 6.45) is -1.54. The van der Waals surface area contributed by atoms with E-state index in [0.717, 1.165) is 11.1 Å². The summed E-state index contributed by atoms with van der Waals surface area (Å²) < 4.78 is 9.90. The molecule has 1 rings (SSSR count). The fourth-order valence-corrected chi connectivity index (χ4v) is 1.60. The number of benzene rings is 1. The van der Waals surface area contributed by atoms with Crippen LogP contribution in [0.4, 0.5) is 4.79 Å². The smallest absolute Gasteiger partial charge is 0.407 e. The fourth-order valence-electron chi connectivity index (χ4n) is 1.60. The van der Waals surface area contributed by atoms with Gasteiger partial charge in [-0.2, -0.15) is 0 Å².